The molecule has 156 valence electrons. The van der Waals surface area contributed by atoms with E-state index >= 15 is 0 Å². The number of hydrogen-bond donors (Lipinski definition) is 1. The molecule has 0 aliphatic carbocycles. The van der Waals surface area contributed by atoms with Gasteiger partial charge in [0.1, 0.15) is 0 Å². The summed E-state index contributed by atoms with van der Waals surface area (Å²) in [6, 6.07) is 20.1. The minimum atomic E-state index is -3.57. The van der Waals surface area contributed by atoms with Crippen LogP contribution in [-0.4, -0.2) is 44.9 Å². The van der Waals surface area contributed by atoms with Crippen molar-refractivity contribution in [1.29, 1.82) is 0 Å². The van der Waals surface area contributed by atoms with Crippen molar-refractivity contribution in [2.45, 2.75) is 17.9 Å². The predicted octanol–water partition coefficient (Wildman–Crippen LogP) is 3.35. The first-order valence-electron chi connectivity index (χ1n) is 9.93. The molecule has 4 rings (SSSR count). The van der Waals surface area contributed by atoms with Gasteiger partial charge in [-0.05, 0) is 53.6 Å². The molecule has 1 unspecified atom stereocenters. The van der Waals surface area contributed by atoms with E-state index in [1.807, 2.05) is 37.3 Å². The lowest BCUT2D eigenvalue weighted by Crippen LogP contribution is -2.40. The number of hydrogen-bond acceptors (Lipinski definition) is 4. The topological polar surface area (TPSA) is 75.7 Å². The van der Waals surface area contributed by atoms with Gasteiger partial charge in [0, 0.05) is 18.7 Å². The zero-order valence-corrected chi connectivity index (χ0v) is 17.6. The van der Waals surface area contributed by atoms with Crippen LogP contribution in [0.4, 0.5) is 0 Å². The molecule has 1 fully saturated rings. The molecule has 3 aromatic rings. The molecule has 1 heterocycles. The van der Waals surface area contributed by atoms with Gasteiger partial charge in [-0.3, -0.25) is 4.79 Å². The molecule has 1 amide bonds. The van der Waals surface area contributed by atoms with Crippen LogP contribution in [0.3, 0.4) is 0 Å². The third-order valence-corrected chi connectivity index (χ3v) is 7.26. The fourth-order valence-corrected chi connectivity index (χ4v) is 4.96. The summed E-state index contributed by atoms with van der Waals surface area (Å²) in [6.07, 6.45) is 0. The first-order valence-corrected chi connectivity index (χ1v) is 11.4. The van der Waals surface area contributed by atoms with Gasteiger partial charge in [-0.25, -0.2) is 8.42 Å². The highest BCUT2D eigenvalue weighted by atomic mass is 32.2. The maximum Gasteiger partial charge on any atom is 0.251 e. The Morgan fingerprint density at radius 2 is 1.63 bits per heavy atom. The summed E-state index contributed by atoms with van der Waals surface area (Å²) in [5, 5.41) is 5.25. The van der Waals surface area contributed by atoms with Gasteiger partial charge in [0.05, 0.1) is 24.2 Å². The monoisotopic (exact) mass is 424 g/mol. The summed E-state index contributed by atoms with van der Waals surface area (Å²) in [4.78, 5) is 12.9. The second kappa shape index (κ2) is 8.55. The highest BCUT2D eigenvalue weighted by molar-refractivity contribution is 7.89. The molecule has 0 radical (unpaired) electrons. The number of ether oxygens (including phenoxy) is 1. The van der Waals surface area contributed by atoms with E-state index in [1.165, 1.54) is 16.4 Å². The van der Waals surface area contributed by atoms with Gasteiger partial charge >= 0.3 is 0 Å². The third kappa shape index (κ3) is 4.23. The number of amides is 1. The van der Waals surface area contributed by atoms with Crippen molar-refractivity contribution in [1.82, 2.24) is 9.62 Å². The first kappa shape index (κ1) is 20.5. The Bertz CT molecular complexity index is 1150. The first-order chi connectivity index (χ1) is 14.4. The smallest absolute Gasteiger partial charge is 0.251 e. The third-order valence-electron chi connectivity index (χ3n) is 5.35. The van der Waals surface area contributed by atoms with E-state index in [9.17, 15) is 13.2 Å². The van der Waals surface area contributed by atoms with Gasteiger partial charge < -0.3 is 10.1 Å². The maximum atomic E-state index is 12.7. The van der Waals surface area contributed by atoms with Crippen LogP contribution in [0.2, 0.25) is 0 Å². The molecule has 1 N–H and O–H groups in total. The van der Waals surface area contributed by atoms with Crippen molar-refractivity contribution >= 4 is 26.7 Å². The maximum absolute atomic E-state index is 12.7. The second-order valence-electron chi connectivity index (χ2n) is 7.34. The molecular weight excluding hydrogens is 400 g/mol. The van der Waals surface area contributed by atoms with Crippen LogP contribution in [0.15, 0.2) is 71.6 Å². The number of sulfonamides is 1. The zero-order chi connectivity index (χ0) is 21.1. The fourth-order valence-electron chi connectivity index (χ4n) is 3.55. The number of nitrogens with one attached hydrogen (secondary N) is 1. The van der Waals surface area contributed by atoms with Gasteiger partial charge in [-0.1, -0.05) is 36.4 Å². The van der Waals surface area contributed by atoms with E-state index < -0.39 is 10.0 Å². The van der Waals surface area contributed by atoms with Gasteiger partial charge in [0.25, 0.3) is 5.91 Å². The number of rotatable bonds is 5. The van der Waals surface area contributed by atoms with E-state index in [2.05, 4.69) is 17.4 Å². The van der Waals surface area contributed by atoms with Crippen LogP contribution in [0.5, 0.6) is 0 Å². The van der Waals surface area contributed by atoms with E-state index in [1.54, 1.807) is 12.1 Å². The van der Waals surface area contributed by atoms with Crippen molar-refractivity contribution in [2.75, 3.05) is 26.3 Å². The Morgan fingerprint density at radius 1 is 0.967 bits per heavy atom. The minimum absolute atomic E-state index is 0.182. The van der Waals surface area contributed by atoms with Crippen molar-refractivity contribution in [3.05, 3.63) is 77.9 Å². The minimum Gasteiger partial charge on any atom is -0.379 e. The molecule has 3 aromatic carbocycles. The molecule has 1 saturated heterocycles. The quantitative estimate of drug-likeness (QED) is 0.682. The van der Waals surface area contributed by atoms with Gasteiger partial charge in [-0.2, -0.15) is 4.31 Å². The van der Waals surface area contributed by atoms with Crippen LogP contribution in [0.25, 0.3) is 10.8 Å². The summed E-state index contributed by atoms with van der Waals surface area (Å²) >= 11 is 0. The predicted molar refractivity (Wildman–Crippen MR) is 116 cm³/mol. The Morgan fingerprint density at radius 3 is 2.33 bits per heavy atom. The van der Waals surface area contributed by atoms with Crippen LogP contribution in [0.1, 0.15) is 28.9 Å². The van der Waals surface area contributed by atoms with Crippen LogP contribution >= 0.6 is 0 Å². The Hall–Kier alpha value is -2.74. The Labute approximate surface area is 176 Å². The molecule has 1 aliphatic heterocycles. The summed E-state index contributed by atoms with van der Waals surface area (Å²) in [5.41, 5.74) is 1.43. The molecule has 0 aromatic heterocycles. The number of carbonyl (C=O) groups is 1. The number of benzene rings is 3. The average Bonchev–Trinajstić information content (AvgIpc) is 2.79. The van der Waals surface area contributed by atoms with E-state index in [0.29, 0.717) is 31.9 Å². The molecule has 1 aliphatic rings. The molecule has 0 spiro atoms. The van der Waals surface area contributed by atoms with Crippen LogP contribution < -0.4 is 5.32 Å². The lowest BCUT2D eigenvalue weighted by molar-refractivity contribution is 0.0730. The number of nitrogens with zero attached hydrogens (tertiary/aromatic N) is 1. The molecule has 1 atom stereocenters. The highest BCUT2D eigenvalue weighted by Crippen LogP contribution is 2.21. The van der Waals surface area contributed by atoms with E-state index in [-0.39, 0.29) is 16.8 Å². The number of morpholine rings is 1. The molecule has 6 nitrogen and oxygen atoms in total. The molecule has 0 saturated carbocycles. The van der Waals surface area contributed by atoms with Crippen molar-refractivity contribution in [3.63, 3.8) is 0 Å². The average molecular weight is 425 g/mol. The van der Waals surface area contributed by atoms with E-state index in [4.69, 9.17) is 4.74 Å². The van der Waals surface area contributed by atoms with Gasteiger partial charge in [0.2, 0.25) is 10.0 Å². The summed E-state index contributed by atoms with van der Waals surface area (Å²) in [6.45, 7) is 3.40. The zero-order valence-electron chi connectivity index (χ0n) is 16.7. The van der Waals surface area contributed by atoms with Crippen LogP contribution in [0, 0.1) is 0 Å². The summed E-state index contributed by atoms with van der Waals surface area (Å²) < 4.78 is 32.0. The van der Waals surface area contributed by atoms with Crippen LogP contribution in [-0.2, 0) is 14.8 Å². The molecule has 30 heavy (non-hydrogen) atoms. The summed E-state index contributed by atoms with van der Waals surface area (Å²) in [7, 11) is -3.57. The Balaban J connectivity index is 1.46. The molecule has 0 bridgehead atoms. The summed E-state index contributed by atoms with van der Waals surface area (Å²) in [5.74, 6) is -0.244. The SMILES string of the molecule is CC(NC(=O)c1ccc(S(=O)(=O)N2CCOCC2)cc1)c1ccc2ccccc2c1. The standard InChI is InChI=1S/C23H24N2O4S/c1-17(20-7-6-18-4-2-3-5-21(18)16-20)24-23(26)19-8-10-22(11-9-19)30(27,28)25-12-14-29-15-13-25/h2-11,16-17H,12-15H2,1H3,(H,24,26). The Kier molecular flexibility index (Phi) is 5.85. The second-order valence-corrected chi connectivity index (χ2v) is 9.28. The van der Waals surface area contributed by atoms with Gasteiger partial charge in [0.15, 0.2) is 0 Å². The van der Waals surface area contributed by atoms with E-state index in [0.717, 1.165) is 16.3 Å². The lowest BCUT2D eigenvalue weighted by atomic mass is 10.0. The normalized spacial score (nSPS) is 16.3. The van der Waals surface area contributed by atoms with Crippen molar-refractivity contribution in [2.24, 2.45) is 0 Å². The largest absolute Gasteiger partial charge is 0.379 e. The number of carbonyl (C=O) groups excluding carboxylic acids is 1. The molecule has 7 heteroatoms. The highest BCUT2D eigenvalue weighted by Gasteiger charge is 2.26. The van der Waals surface area contributed by atoms with Crippen molar-refractivity contribution < 1.29 is 17.9 Å². The number of fused-ring (bicyclic) bond motifs is 1. The van der Waals surface area contributed by atoms with Gasteiger partial charge in [-0.15, -0.1) is 0 Å². The fraction of sp³-hybridized carbons (Fsp3) is 0.261. The lowest BCUT2D eigenvalue weighted by Gasteiger charge is -2.26. The van der Waals surface area contributed by atoms with Crippen molar-refractivity contribution in [3.8, 4) is 0 Å². The molecular formula is C23H24N2O4S.